The molecule has 30 heavy (non-hydrogen) atoms. The first kappa shape index (κ1) is 21.1. The third-order valence-corrected chi connectivity index (χ3v) is 6.71. The van der Waals surface area contributed by atoms with Crippen LogP contribution in [0.25, 0.3) is 0 Å². The van der Waals surface area contributed by atoms with Gasteiger partial charge in [0.05, 0.1) is 12.1 Å². The number of fused-ring (bicyclic) bond motifs is 1. The number of carbonyl (C=O) groups excluding carboxylic acids is 2. The standard InChI is InChI=1S/C22H30FN3O4/c23-17-3-1-15(2-4-17)18(8-12-27)16-5-9-25(10-6-16)22(29)26-11-7-20-19(13-26)24-21(28)14-30-20/h1-4,16,18-20,27H,5-14H2,(H,24,28)/t18?,19-,20+/m1/s1. The quantitative estimate of drug-likeness (QED) is 0.779. The van der Waals surface area contributed by atoms with Crippen molar-refractivity contribution in [1.29, 1.82) is 0 Å². The Bertz CT molecular complexity index is 751. The summed E-state index contributed by atoms with van der Waals surface area (Å²) in [5.41, 5.74) is 1.05. The molecule has 3 saturated heterocycles. The predicted molar refractivity (Wildman–Crippen MR) is 108 cm³/mol. The fourth-order valence-corrected chi connectivity index (χ4v) is 5.09. The number of urea groups is 1. The predicted octanol–water partition coefficient (Wildman–Crippen LogP) is 1.71. The maximum atomic E-state index is 13.3. The number of piperidine rings is 2. The fourth-order valence-electron chi connectivity index (χ4n) is 5.09. The summed E-state index contributed by atoms with van der Waals surface area (Å²) in [7, 11) is 0. The lowest BCUT2D eigenvalue weighted by Gasteiger charge is -2.44. The zero-order valence-corrected chi connectivity index (χ0v) is 17.1. The largest absolute Gasteiger partial charge is 0.396 e. The zero-order chi connectivity index (χ0) is 21.1. The van der Waals surface area contributed by atoms with Crippen LogP contribution < -0.4 is 5.32 Å². The first-order valence-electron chi connectivity index (χ1n) is 10.9. The van der Waals surface area contributed by atoms with Crippen molar-refractivity contribution in [3.05, 3.63) is 35.6 Å². The van der Waals surface area contributed by atoms with E-state index in [0.717, 1.165) is 24.8 Å². The molecule has 0 radical (unpaired) electrons. The Morgan fingerprint density at radius 2 is 1.87 bits per heavy atom. The summed E-state index contributed by atoms with van der Waals surface area (Å²) in [5.74, 6) is 0.133. The monoisotopic (exact) mass is 419 g/mol. The Balaban J connectivity index is 1.33. The number of nitrogens with zero attached hydrogens (tertiary/aromatic N) is 2. The average molecular weight is 419 g/mol. The molecule has 0 aliphatic carbocycles. The van der Waals surface area contributed by atoms with E-state index in [2.05, 4.69) is 5.32 Å². The lowest BCUT2D eigenvalue weighted by Crippen LogP contribution is -2.62. The maximum absolute atomic E-state index is 13.3. The number of hydrogen-bond acceptors (Lipinski definition) is 4. The van der Waals surface area contributed by atoms with Crippen LogP contribution in [0.3, 0.4) is 0 Å². The highest BCUT2D eigenvalue weighted by molar-refractivity contribution is 5.79. The molecule has 0 aromatic heterocycles. The van der Waals surface area contributed by atoms with Gasteiger partial charge in [0.2, 0.25) is 5.91 Å². The summed E-state index contributed by atoms with van der Waals surface area (Å²) < 4.78 is 18.9. The van der Waals surface area contributed by atoms with Crippen LogP contribution in [-0.2, 0) is 9.53 Å². The molecule has 8 heteroatoms. The molecule has 2 N–H and O–H groups in total. The number of carbonyl (C=O) groups is 2. The van der Waals surface area contributed by atoms with Gasteiger partial charge in [0.25, 0.3) is 0 Å². The Labute approximate surface area is 176 Å². The second-order valence-electron chi connectivity index (χ2n) is 8.54. The van der Waals surface area contributed by atoms with E-state index in [1.165, 1.54) is 12.1 Å². The van der Waals surface area contributed by atoms with Crippen molar-refractivity contribution in [3.8, 4) is 0 Å². The second kappa shape index (κ2) is 9.31. The molecule has 1 aromatic carbocycles. The number of aliphatic hydroxyl groups excluding tert-OH is 1. The van der Waals surface area contributed by atoms with Gasteiger partial charge in [0.15, 0.2) is 0 Å². The number of amides is 3. The number of ether oxygens (including phenoxy) is 1. The van der Waals surface area contributed by atoms with Crippen molar-refractivity contribution < 1.29 is 23.8 Å². The van der Waals surface area contributed by atoms with Crippen molar-refractivity contribution in [1.82, 2.24) is 15.1 Å². The van der Waals surface area contributed by atoms with Gasteiger partial charge in [-0.3, -0.25) is 4.79 Å². The van der Waals surface area contributed by atoms with Gasteiger partial charge in [-0.1, -0.05) is 12.1 Å². The minimum absolute atomic E-state index is 0.00700. The van der Waals surface area contributed by atoms with E-state index in [1.54, 1.807) is 12.1 Å². The molecular formula is C22H30FN3O4. The van der Waals surface area contributed by atoms with Crippen molar-refractivity contribution >= 4 is 11.9 Å². The van der Waals surface area contributed by atoms with E-state index in [4.69, 9.17) is 4.74 Å². The van der Waals surface area contributed by atoms with Gasteiger partial charge in [-0.05, 0) is 55.2 Å². The molecule has 164 valence electrons. The second-order valence-corrected chi connectivity index (χ2v) is 8.54. The van der Waals surface area contributed by atoms with Crippen LogP contribution in [0.15, 0.2) is 24.3 Å². The summed E-state index contributed by atoms with van der Waals surface area (Å²) >= 11 is 0. The Hall–Kier alpha value is -2.19. The van der Waals surface area contributed by atoms with E-state index >= 15 is 0 Å². The number of aliphatic hydroxyl groups is 1. The van der Waals surface area contributed by atoms with Crippen molar-refractivity contribution in [3.63, 3.8) is 0 Å². The Kier molecular flexibility index (Phi) is 6.53. The van der Waals surface area contributed by atoms with Crippen molar-refractivity contribution in [2.75, 3.05) is 39.4 Å². The third kappa shape index (κ3) is 4.59. The van der Waals surface area contributed by atoms with Crippen LogP contribution in [0.2, 0.25) is 0 Å². The molecule has 1 aromatic rings. The van der Waals surface area contributed by atoms with Crippen LogP contribution >= 0.6 is 0 Å². The number of likely N-dealkylation sites (tertiary alicyclic amines) is 2. The summed E-state index contributed by atoms with van der Waals surface area (Å²) in [6, 6.07) is 6.43. The van der Waals surface area contributed by atoms with Gasteiger partial charge >= 0.3 is 6.03 Å². The van der Waals surface area contributed by atoms with E-state index in [-0.39, 0.29) is 49.0 Å². The molecule has 0 bridgehead atoms. The molecule has 3 fully saturated rings. The summed E-state index contributed by atoms with van der Waals surface area (Å²) in [6.45, 7) is 2.65. The van der Waals surface area contributed by atoms with Gasteiger partial charge in [0.1, 0.15) is 12.4 Å². The molecule has 3 aliphatic heterocycles. The van der Waals surface area contributed by atoms with Crippen LogP contribution in [0, 0.1) is 11.7 Å². The maximum Gasteiger partial charge on any atom is 0.320 e. The number of morpholine rings is 1. The Morgan fingerprint density at radius 3 is 2.57 bits per heavy atom. The highest BCUT2D eigenvalue weighted by Crippen LogP contribution is 2.35. The highest BCUT2D eigenvalue weighted by atomic mass is 19.1. The first-order chi connectivity index (χ1) is 14.5. The summed E-state index contributed by atoms with van der Waals surface area (Å²) in [6.07, 6.45) is 3.07. The van der Waals surface area contributed by atoms with E-state index in [1.807, 2.05) is 9.80 Å². The highest BCUT2D eigenvalue weighted by Gasteiger charge is 2.38. The third-order valence-electron chi connectivity index (χ3n) is 6.71. The van der Waals surface area contributed by atoms with Gasteiger partial charge < -0.3 is 25.0 Å². The average Bonchev–Trinajstić information content (AvgIpc) is 2.77. The van der Waals surface area contributed by atoms with E-state index in [0.29, 0.717) is 38.5 Å². The molecular weight excluding hydrogens is 389 g/mol. The number of nitrogens with one attached hydrogen (secondary N) is 1. The van der Waals surface area contributed by atoms with Crippen molar-refractivity contribution in [2.45, 2.75) is 43.7 Å². The molecule has 4 rings (SSSR count). The van der Waals surface area contributed by atoms with Gasteiger partial charge in [-0.15, -0.1) is 0 Å². The van der Waals surface area contributed by atoms with Gasteiger partial charge in [0, 0.05) is 32.8 Å². The molecule has 3 atom stereocenters. The molecule has 1 unspecified atom stereocenters. The topological polar surface area (TPSA) is 82.1 Å². The van der Waals surface area contributed by atoms with Gasteiger partial charge in [-0.2, -0.15) is 0 Å². The van der Waals surface area contributed by atoms with Gasteiger partial charge in [-0.25, -0.2) is 9.18 Å². The van der Waals surface area contributed by atoms with Crippen LogP contribution in [-0.4, -0.2) is 78.4 Å². The molecule has 3 heterocycles. The minimum Gasteiger partial charge on any atom is -0.396 e. The van der Waals surface area contributed by atoms with Crippen LogP contribution in [0.5, 0.6) is 0 Å². The van der Waals surface area contributed by atoms with Crippen LogP contribution in [0.4, 0.5) is 9.18 Å². The normalized spacial score (nSPS) is 26.1. The smallest absolute Gasteiger partial charge is 0.320 e. The van der Waals surface area contributed by atoms with E-state index < -0.39 is 0 Å². The van der Waals surface area contributed by atoms with Crippen molar-refractivity contribution in [2.24, 2.45) is 5.92 Å². The minimum atomic E-state index is -0.259. The lowest BCUT2D eigenvalue weighted by atomic mass is 9.78. The molecule has 0 spiro atoms. The number of benzene rings is 1. The summed E-state index contributed by atoms with van der Waals surface area (Å²) in [5, 5.41) is 12.5. The Morgan fingerprint density at radius 1 is 1.17 bits per heavy atom. The first-order valence-corrected chi connectivity index (χ1v) is 10.9. The number of rotatable bonds is 4. The zero-order valence-electron chi connectivity index (χ0n) is 17.1. The number of hydrogen-bond donors (Lipinski definition) is 2. The lowest BCUT2D eigenvalue weighted by molar-refractivity contribution is -0.139. The molecule has 3 amide bonds. The molecule has 3 aliphatic rings. The van der Waals surface area contributed by atoms with Crippen LogP contribution in [0.1, 0.15) is 37.2 Å². The number of halogens is 1. The van der Waals surface area contributed by atoms with E-state index in [9.17, 15) is 19.1 Å². The SMILES string of the molecule is O=C1CO[C@H]2CCN(C(=O)N3CCC(C(CCO)c4ccc(F)cc4)CC3)C[C@H]2N1. The molecule has 0 saturated carbocycles. The summed E-state index contributed by atoms with van der Waals surface area (Å²) in [4.78, 5) is 28.3. The fraction of sp³-hybridized carbons (Fsp3) is 0.636. The molecule has 7 nitrogen and oxygen atoms in total.